The Bertz CT molecular complexity index is 1200. The minimum Gasteiger partial charge on any atom is -0.497 e. The Kier molecular flexibility index (Phi) is 6.66. The Labute approximate surface area is 192 Å². The molecule has 1 aliphatic rings. The second-order valence-corrected chi connectivity index (χ2v) is 8.21. The Morgan fingerprint density at radius 2 is 2.06 bits per heavy atom. The summed E-state index contributed by atoms with van der Waals surface area (Å²) in [6.07, 6.45) is 5.77. The van der Waals surface area contributed by atoms with Crippen LogP contribution in [0, 0.1) is 21.4 Å². The molecule has 0 bridgehead atoms. The van der Waals surface area contributed by atoms with Crippen molar-refractivity contribution in [1.29, 1.82) is 5.26 Å². The third-order valence-corrected chi connectivity index (χ3v) is 6.39. The van der Waals surface area contributed by atoms with Gasteiger partial charge in [-0.05, 0) is 43.0 Å². The highest BCUT2D eigenvalue weighted by Gasteiger charge is 2.24. The summed E-state index contributed by atoms with van der Waals surface area (Å²) in [5.74, 6) is 1.37. The molecule has 1 fully saturated rings. The molecule has 3 aromatic rings. The molecule has 1 aromatic carbocycles. The smallest absolute Gasteiger partial charge is 0.274 e. The van der Waals surface area contributed by atoms with E-state index in [1.165, 1.54) is 18.3 Å². The van der Waals surface area contributed by atoms with Crippen LogP contribution in [0.5, 0.6) is 5.75 Å². The molecule has 0 spiro atoms. The van der Waals surface area contributed by atoms with E-state index in [4.69, 9.17) is 4.74 Å². The lowest BCUT2D eigenvalue weighted by atomic mass is 9.99. The van der Waals surface area contributed by atoms with Gasteiger partial charge in [-0.3, -0.25) is 15.1 Å². The number of nitriles is 1. The minimum absolute atomic E-state index is 0.0544. The predicted octanol–water partition coefficient (Wildman–Crippen LogP) is 3.56. The number of anilines is 1. The summed E-state index contributed by atoms with van der Waals surface area (Å²) >= 11 is 0. The van der Waals surface area contributed by atoms with Gasteiger partial charge in [-0.1, -0.05) is 0 Å². The minimum atomic E-state index is -0.393. The third-order valence-electron chi connectivity index (χ3n) is 6.39. The van der Waals surface area contributed by atoms with Crippen molar-refractivity contribution in [3.63, 3.8) is 0 Å². The first-order valence-corrected chi connectivity index (χ1v) is 10.9. The third kappa shape index (κ3) is 4.86. The lowest BCUT2D eigenvalue weighted by Gasteiger charge is -2.37. The van der Waals surface area contributed by atoms with Crippen molar-refractivity contribution in [2.75, 3.05) is 38.7 Å². The number of aromatic nitrogens is 2. The van der Waals surface area contributed by atoms with Crippen molar-refractivity contribution in [3.05, 3.63) is 64.0 Å². The highest BCUT2D eigenvalue weighted by molar-refractivity contribution is 5.85. The number of fused-ring (bicyclic) bond motifs is 1. The van der Waals surface area contributed by atoms with Gasteiger partial charge in [0.1, 0.15) is 17.6 Å². The lowest BCUT2D eigenvalue weighted by molar-refractivity contribution is -0.384. The molecule has 9 heteroatoms. The average Bonchev–Trinajstić information content (AvgIpc) is 2.86. The first-order chi connectivity index (χ1) is 16.0. The fourth-order valence-corrected chi connectivity index (χ4v) is 4.42. The molecule has 0 N–H and O–H groups in total. The van der Waals surface area contributed by atoms with Crippen LogP contribution in [0.1, 0.15) is 24.0 Å². The van der Waals surface area contributed by atoms with Crippen molar-refractivity contribution in [3.8, 4) is 11.8 Å². The standard InChI is InChI=1S/C24H26N6O3/c1-28(24-13-19(30(31)32)5-9-26-24)18-6-10-29(11-7-18)12-8-21-17(15-25)16-27-23-4-3-20(33-2)14-22(21)23/h3-5,9,13-14,16,18H,6-8,10-12H2,1-2H3. The second kappa shape index (κ2) is 9.79. The van der Waals surface area contributed by atoms with Crippen LogP contribution in [0.3, 0.4) is 0 Å². The Hall–Kier alpha value is -3.77. The van der Waals surface area contributed by atoms with Crippen LogP contribution in [0.25, 0.3) is 10.9 Å². The van der Waals surface area contributed by atoms with E-state index in [0.29, 0.717) is 11.4 Å². The van der Waals surface area contributed by atoms with Gasteiger partial charge in [-0.2, -0.15) is 5.26 Å². The lowest BCUT2D eigenvalue weighted by Crippen LogP contribution is -2.44. The first-order valence-electron chi connectivity index (χ1n) is 10.9. The van der Waals surface area contributed by atoms with Gasteiger partial charge in [-0.25, -0.2) is 4.98 Å². The largest absolute Gasteiger partial charge is 0.497 e. The van der Waals surface area contributed by atoms with Crippen molar-refractivity contribution < 1.29 is 9.66 Å². The van der Waals surface area contributed by atoms with Gasteiger partial charge in [-0.15, -0.1) is 0 Å². The van der Waals surface area contributed by atoms with E-state index < -0.39 is 4.92 Å². The van der Waals surface area contributed by atoms with E-state index in [1.807, 2.05) is 30.1 Å². The summed E-state index contributed by atoms with van der Waals surface area (Å²) < 4.78 is 5.37. The molecule has 170 valence electrons. The number of nitro groups is 1. The molecule has 0 radical (unpaired) electrons. The Morgan fingerprint density at radius 3 is 2.76 bits per heavy atom. The molecular weight excluding hydrogens is 420 g/mol. The van der Waals surface area contributed by atoms with E-state index in [1.54, 1.807) is 13.3 Å². The summed E-state index contributed by atoms with van der Waals surface area (Å²) in [5, 5.41) is 21.6. The van der Waals surface area contributed by atoms with Crippen LogP contribution >= 0.6 is 0 Å². The zero-order valence-electron chi connectivity index (χ0n) is 18.8. The maximum Gasteiger partial charge on any atom is 0.274 e. The molecule has 0 amide bonds. The molecular formula is C24H26N6O3. The van der Waals surface area contributed by atoms with E-state index in [2.05, 4.69) is 20.9 Å². The van der Waals surface area contributed by atoms with Crippen LogP contribution in [0.2, 0.25) is 0 Å². The predicted molar refractivity (Wildman–Crippen MR) is 125 cm³/mol. The van der Waals surface area contributed by atoms with Gasteiger partial charge in [0.05, 0.1) is 29.2 Å². The number of piperidine rings is 1. The molecule has 0 aliphatic carbocycles. The highest BCUT2D eigenvalue weighted by atomic mass is 16.6. The summed E-state index contributed by atoms with van der Waals surface area (Å²) in [6.45, 7) is 2.67. The molecule has 33 heavy (non-hydrogen) atoms. The summed E-state index contributed by atoms with van der Waals surface area (Å²) in [5.41, 5.74) is 2.51. The second-order valence-electron chi connectivity index (χ2n) is 8.21. The van der Waals surface area contributed by atoms with E-state index in [9.17, 15) is 15.4 Å². The number of likely N-dealkylation sites (tertiary alicyclic amines) is 1. The van der Waals surface area contributed by atoms with Crippen LogP contribution in [-0.4, -0.2) is 59.6 Å². The number of benzene rings is 1. The number of hydrogen-bond donors (Lipinski definition) is 0. The normalized spacial score (nSPS) is 14.7. The van der Waals surface area contributed by atoms with Crippen molar-refractivity contribution in [2.24, 2.45) is 0 Å². The van der Waals surface area contributed by atoms with Gasteiger partial charge < -0.3 is 14.5 Å². The highest BCUT2D eigenvalue weighted by Crippen LogP contribution is 2.27. The molecule has 3 heterocycles. The maximum atomic E-state index is 11.1. The Morgan fingerprint density at radius 1 is 1.27 bits per heavy atom. The molecule has 0 atom stereocenters. The van der Waals surface area contributed by atoms with Crippen LogP contribution < -0.4 is 9.64 Å². The summed E-state index contributed by atoms with van der Waals surface area (Å²) in [4.78, 5) is 23.8. The summed E-state index contributed by atoms with van der Waals surface area (Å²) in [6, 6.07) is 11.2. The van der Waals surface area contributed by atoms with Crippen molar-refractivity contribution >= 4 is 22.4 Å². The van der Waals surface area contributed by atoms with Crippen LogP contribution in [0.15, 0.2) is 42.7 Å². The van der Waals surface area contributed by atoms with Gasteiger partial charge in [0.15, 0.2) is 0 Å². The summed E-state index contributed by atoms with van der Waals surface area (Å²) in [7, 11) is 3.58. The number of ether oxygens (including phenoxy) is 1. The molecule has 1 saturated heterocycles. The van der Waals surface area contributed by atoms with Crippen molar-refractivity contribution in [2.45, 2.75) is 25.3 Å². The fraction of sp³-hybridized carbons (Fsp3) is 0.375. The molecule has 2 aromatic heterocycles. The number of nitrogens with zero attached hydrogens (tertiary/aromatic N) is 6. The molecule has 0 unspecified atom stereocenters. The van der Waals surface area contributed by atoms with Gasteiger partial charge in [0, 0.05) is 56.6 Å². The number of rotatable bonds is 7. The fourth-order valence-electron chi connectivity index (χ4n) is 4.42. The number of hydrogen-bond acceptors (Lipinski definition) is 8. The monoisotopic (exact) mass is 446 g/mol. The quantitative estimate of drug-likeness (QED) is 0.400. The van der Waals surface area contributed by atoms with Gasteiger partial charge in [0.2, 0.25) is 0 Å². The molecule has 4 rings (SSSR count). The molecule has 9 nitrogen and oxygen atoms in total. The van der Waals surface area contributed by atoms with Crippen LogP contribution in [0.4, 0.5) is 11.5 Å². The molecule has 0 saturated carbocycles. The Balaban J connectivity index is 1.41. The zero-order chi connectivity index (χ0) is 23.4. The SMILES string of the molecule is COc1ccc2ncc(C#N)c(CCN3CCC(N(C)c4cc([N+](=O)[O-])ccn4)CC3)c2c1. The van der Waals surface area contributed by atoms with E-state index >= 15 is 0 Å². The first kappa shape index (κ1) is 22.4. The zero-order valence-corrected chi connectivity index (χ0v) is 18.8. The molecule has 1 aliphatic heterocycles. The maximum absolute atomic E-state index is 11.1. The average molecular weight is 447 g/mol. The van der Waals surface area contributed by atoms with Gasteiger partial charge in [0.25, 0.3) is 5.69 Å². The van der Waals surface area contributed by atoms with E-state index in [0.717, 1.165) is 61.1 Å². The van der Waals surface area contributed by atoms with Gasteiger partial charge >= 0.3 is 0 Å². The number of pyridine rings is 2. The van der Waals surface area contributed by atoms with E-state index in [-0.39, 0.29) is 11.7 Å². The number of methoxy groups -OCH3 is 1. The topological polar surface area (TPSA) is 108 Å². The van der Waals surface area contributed by atoms with Crippen LogP contribution in [-0.2, 0) is 6.42 Å². The van der Waals surface area contributed by atoms with Crippen molar-refractivity contribution in [1.82, 2.24) is 14.9 Å².